The van der Waals surface area contributed by atoms with Crippen molar-refractivity contribution in [2.75, 3.05) is 25.0 Å². The highest BCUT2D eigenvalue weighted by molar-refractivity contribution is 6.31. The number of carbonyl (C=O) groups is 1. The van der Waals surface area contributed by atoms with Crippen LogP contribution >= 0.6 is 11.6 Å². The molecule has 0 bridgehead atoms. The molecule has 1 aliphatic heterocycles. The number of likely N-dealkylation sites (tertiary alicyclic amines) is 1. The topological polar surface area (TPSA) is 72.8 Å². The molecule has 116 valence electrons. The average Bonchev–Trinajstić information content (AvgIpc) is 2.66. The normalized spacial score (nSPS) is 22.8. The minimum absolute atomic E-state index is 0.211. The Morgan fingerprint density at radius 1 is 1.43 bits per heavy atom. The van der Waals surface area contributed by atoms with Crippen LogP contribution in [0.15, 0.2) is 18.2 Å². The van der Waals surface area contributed by atoms with Gasteiger partial charge in [-0.2, -0.15) is 0 Å². The fraction of sp³-hybridized carbons (Fsp3) is 0.533. The van der Waals surface area contributed by atoms with Crippen molar-refractivity contribution in [3.63, 3.8) is 0 Å². The maximum Gasteiger partial charge on any atom is 0.321 e. The molecule has 0 radical (unpaired) electrons. The molecule has 0 aromatic heterocycles. The number of anilines is 1. The van der Waals surface area contributed by atoms with E-state index in [9.17, 15) is 15.0 Å². The maximum absolute atomic E-state index is 12.2. The second-order valence-corrected chi connectivity index (χ2v) is 6.02. The van der Waals surface area contributed by atoms with Crippen LogP contribution < -0.4 is 5.32 Å². The largest absolute Gasteiger partial charge is 0.393 e. The van der Waals surface area contributed by atoms with Gasteiger partial charge in [-0.25, -0.2) is 4.79 Å². The number of hydrogen-bond acceptors (Lipinski definition) is 3. The van der Waals surface area contributed by atoms with Gasteiger partial charge in [0.2, 0.25) is 0 Å². The summed E-state index contributed by atoms with van der Waals surface area (Å²) < 4.78 is 0. The second-order valence-electron chi connectivity index (χ2n) is 5.62. The van der Waals surface area contributed by atoms with Crippen molar-refractivity contribution >= 4 is 23.3 Å². The number of nitrogens with zero attached hydrogens (tertiary/aromatic N) is 1. The Kier molecular flexibility index (Phi) is 5.08. The van der Waals surface area contributed by atoms with Crippen molar-refractivity contribution in [2.45, 2.75) is 31.8 Å². The molecule has 1 aromatic rings. The highest BCUT2D eigenvalue weighted by Gasteiger charge is 2.30. The van der Waals surface area contributed by atoms with Gasteiger partial charge < -0.3 is 20.4 Å². The summed E-state index contributed by atoms with van der Waals surface area (Å²) in [6, 6.07) is 5.17. The fourth-order valence-electron chi connectivity index (χ4n) is 2.41. The van der Waals surface area contributed by atoms with Crippen LogP contribution in [0.5, 0.6) is 0 Å². The third-order valence-corrected chi connectivity index (χ3v) is 4.33. The van der Waals surface area contributed by atoms with Crippen molar-refractivity contribution in [1.82, 2.24) is 4.90 Å². The lowest BCUT2D eigenvalue weighted by molar-refractivity contribution is -0.0247. The standard InChI is InChI=1S/C15H21ClN2O3/c1-11-3-4-12(9-13(11)16)17-14(20)18-7-2-5-15(21,10-19)6-8-18/h3-4,9,19,21H,2,5-8,10H2,1H3,(H,17,20). The second kappa shape index (κ2) is 6.64. The number of halogens is 1. The van der Waals surface area contributed by atoms with Gasteiger partial charge >= 0.3 is 6.03 Å². The number of nitrogens with one attached hydrogen (secondary N) is 1. The van der Waals surface area contributed by atoms with Gasteiger partial charge in [0.15, 0.2) is 0 Å². The van der Waals surface area contributed by atoms with E-state index in [1.54, 1.807) is 17.0 Å². The zero-order valence-corrected chi connectivity index (χ0v) is 12.9. The van der Waals surface area contributed by atoms with Crippen molar-refractivity contribution in [3.05, 3.63) is 28.8 Å². The maximum atomic E-state index is 12.2. The van der Waals surface area contributed by atoms with Crippen molar-refractivity contribution < 1.29 is 15.0 Å². The Hall–Kier alpha value is -1.30. The first-order chi connectivity index (χ1) is 9.93. The van der Waals surface area contributed by atoms with Gasteiger partial charge in [0.25, 0.3) is 0 Å². The zero-order valence-electron chi connectivity index (χ0n) is 12.1. The van der Waals surface area contributed by atoms with E-state index < -0.39 is 5.60 Å². The average molecular weight is 313 g/mol. The lowest BCUT2D eigenvalue weighted by atomic mass is 9.96. The molecule has 1 atom stereocenters. The first-order valence-corrected chi connectivity index (χ1v) is 7.47. The monoisotopic (exact) mass is 312 g/mol. The van der Waals surface area contributed by atoms with Gasteiger partial charge in [0.05, 0.1) is 12.2 Å². The van der Waals surface area contributed by atoms with Crippen LogP contribution in [0.3, 0.4) is 0 Å². The van der Waals surface area contributed by atoms with Crippen LogP contribution in [0.1, 0.15) is 24.8 Å². The van der Waals surface area contributed by atoms with Gasteiger partial charge in [-0.1, -0.05) is 17.7 Å². The van der Waals surface area contributed by atoms with Crippen LogP contribution in [0.4, 0.5) is 10.5 Å². The van der Waals surface area contributed by atoms with Crippen LogP contribution in [0.2, 0.25) is 5.02 Å². The molecule has 3 N–H and O–H groups in total. The number of hydrogen-bond donors (Lipinski definition) is 3. The van der Waals surface area contributed by atoms with E-state index >= 15 is 0 Å². The highest BCUT2D eigenvalue weighted by atomic mass is 35.5. The number of carbonyl (C=O) groups excluding carboxylic acids is 1. The quantitative estimate of drug-likeness (QED) is 0.785. The first-order valence-electron chi connectivity index (χ1n) is 7.09. The number of rotatable bonds is 2. The van der Waals surface area contributed by atoms with E-state index in [1.165, 1.54) is 0 Å². The summed E-state index contributed by atoms with van der Waals surface area (Å²) >= 11 is 6.04. The molecule has 21 heavy (non-hydrogen) atoms. The molecule has 0 spiro atoms. The van der Waals surface area contributed by atoms with Gasteiger partial charge in [0, 0.05) is 23.8 Å². The molecule has 1 fully saturated rings. The molecule has 1 aromatic carbocycles. The summed E-state index contributed by atoms with van der Waals surface area (Å²) in [6.45, 7) is 2.62. The van der Waals surface area contributed by atoms with Gasteiger partial charge in [-0.05, 0) is 43.9 Å². The van der Waals surface area contributed by atoms with Crippen LogP contribution in [0.25, 0.3) is 0 Å². The predicted octanol–water partition coefficient (Wildman–Crippen LogP) is 2.39. The molecule has 6 heteroatoms. The minimum atomic E-state index is -1.07. The number of aliphatic hydroxyl groups is 2. The molecule has 0 saturated carbocycles. The van der Waals surface area contributed by atoms with Crippen molar-refractivity contribution in [2.24, 2.45) is 0 Å². The number of urea groups is 1. The summed E-state index contributed by atoms with van der Waals surface area (Å²) in [7, 11) is 0. The molecule has 1 aliphatic rings. The zero-order chi connectivity index (χ0) is 15.5. The third-order valence-electron chi connectivity index (χ3n) is 3.92. The van der Waals surface area contributed by atoms with E-state index in [0.29, 0.717) is 43.1 Å². The summed E-state index contributed by atoms with van der Waals surface area (Å²) in [5.74, 6) is 0. The molecule has 5 nitrogen and oxygen atoms in total. The number of benzene rings is 1. The van der Waals surface area contributed by atoms with E-state index in [4.69, 9.17) is 11.6 Å². The van der Waals surface area contributed by atoms with Crippen LogP contribution in [0, 0.1) is 6.92 Å². The number of aliphatic hydroxyl groups excluding tert-OH is 1. The minimum Gasteiger partial charge on any atom is -0.393 e. The molecule has 2 amide bonds. The number of amides is 2. The van der Waals surface area contributed by atoms with Crippen molar-refractivity contribution in [3.8, 4) is 0 Å². The smallest absolute Gasteiger partial charge is 0.321 e. The Morgan fingerprint density at radius 3 is 2.86 bits per heavy atom. The summed E-state index contributed by atoms with van der Waals surface area (Å²) in [6.07, 6.45) is 1.55. The molecule has 1 unspecified atom stereocenters. The SMILES string of the molecule is Cc1ccc(NC(=O)N2CCCC(O)(CO)CC2)cc1Cl. The summed E-state index contributed by atoms with van der Waals surface area (Å²) in [5.41, 5.74) is 0.539. The Balaban J connectivity index is 1.98. The Morgan fingerprint density at radius 2 is 2.19 bits per heavy atom. The first kappa shape index (κ1) is 16.1. The lowest BCUT2D eigenvalue weighted by Crippen LogP contribution is -2.38. The highest BCUT2D eigenvalue weighted by Crippen LogP contribution is 2.23. The molecule has 1 saturated heterocycles. The van der Waals surface area contributed by atoms with Gasteiger partial charge in [0.1, 0.15) is 0 Å². The van der Waals surface area contributed by atoms with E-state index in [0.717, 1.165) is 5.56 Å². The molecular weight excluding hydrogens is 292 g/mol. The van der Waals surface area contributed by atoms with Gasteiger partial charge in [-0.3, -0.25) is 0 Å². The predicted molar refractivity (Wildman–Crippen MR) is 82.7 cm³/mol. The third kappa shape index (κ3) is 4.09. The molecule has 0 aliphatic carbocycles. The molecule has 2 rings (SSSR count). The molecular formula is C15H21ClN2O3. The summed E-state index contributed by atoms with van der Waals surface area (Å²) in [5, 5.41) is 22.7. The lowest BCUT2D eigenvalue weighted by Gasteiger charge is -2.24. The fourth-order valence-corrected chi connectivity index (χ4v) is 2.59. The van der Waals surface area contributed by atoms with Crippen LogP contribution in [-0.2, 0) is 0 Å². The Labute approximate surface area is 129 Å². The van der Waals surface area contributed by atoms with Crippen LogP contribution in [-0.4, -0.2) is 46.4 Å². The van der Waals surface area contributed by atoms with E-state index in [-0.39, 0.29) is 12.6 Å². The van der Waals surface area contributed by atoms with E-state index in [1.807, 2.05) is 13.0 Å². The molecule has 1 heterocycles. The summed E-state index contributed by atoms with van der Waals surface area (Å²) in [4.78, 5) is 13.9. The van der Waals surface area contributed by atoms with E-state index in [2.05, 4.69) is 5.32 Å². The Bertz CT molecular complexity index is 524. The number of aryl methyl sites for hydroxylation is 1. The van der Waals surface area contributed by atoms with Crippen molar-refractivity contribution in [1.29, 1.82) is 0 Å². The van der Waals surface area contributed by atoms with Gasteiger partial charge in [-0.15, -0.1) is 0 Å².